The molecule has 0 bridgehead atoms. The van der Waals surface area contributed by atoms with Crippen molar-refractivity contribution in [1.82, 2.24) is 29.2 Å². The standard InChI is InChI=1S/C20H21F2N7O3/c1-27-9-13-12(16(27)18(30)25-11-6-7-23-14(8-11)17(21)22)4-5-15(13)29(3)20(31)32-19-24-10-28(2)26-19/h6-10,15,17H,4-5H2,1-3H3,(H,23,25,30). The topological polar surface area (TPSA) is 107 Å². The van der Waals surface area contributed by atoms with Gasteiger partial charge >= 0.3 is 12.1 Å². The van der Waals surface area contributed by atoms with Crippen molar-refractivity contribution in [3.63, 3.8) is 0 Å². The second kappa shape index (κ2) is 8.36. The highest BCUT2D eigenvalue weighted by Gasteiger charge is 2.35. The number of nitrogens with zero attached hydrogens (tertiary/aromatic N) is 6. The predicted octanol–water partition coefficient (Wildman–Crippen LogP) is 2.86. The smallest absolute Gasteiger partial charge is 0.373 e. The van der Waals surface area contributed by atoms with E-state index in [1.165, 1.54) is 28.2 Å². The molecule has 0 radical (unpaired) electrons. The van der Waals surface area contributed by atoms with Crippen molar-refractivity contribution in [2.24, 2.45) is 14.1 Å². The van der Waals surface area contributed by atoms with Gasteiger partial charge in [0.15, 0.2) is 0 Å². The van der Waals surface area contributed by atoms with Gasteiger partial charge in [-0.2, -0.15) is 4.98 Å². The van der Waals surface area contributed by atoms with E-state index in [9.17, 15) is 18.4 Å². The number of rotatable bonds is 5. The van der Waals surface area contributed by atoms with Gasteiger partial charge in [-0.05, 0) is 36.1 Å². The lowest BCUT2D eigenvalue weighted by molar-refractivity contribution is 0.101. The summed E-state index contributed by atoms with van der Waals surface area (Å²) in [6.07, 6.45) is 2.27. The van der Waals surface area contributed by atoms with Gasteiger partial charge in [-0.3, -0.25) is 14.5 Å². The molecule has 0 aromatic carbocycles. The number of hydrogen-bond acceptors (Lipinski definition) is 6. The number of fused-ring (bicyclic) bond motifs is 1. The summed E-state index contributed by atoms with van der Waals surface area (Å²) >= 11 is 0. The van der Waals surface area contributed by atoms with Gasteiger partial charge in [0.1, 0.15) is 17.7 Å². The van der Waals surface area contributed by atoms with E-state index in [2.05, 4.69) is 20.4 Å². The Morgan fingerprint density at radius 3 is 2.78 bits per heavy atom. The highest BCUT2D eigenvalue weighted by atomic mass is 19.3. The molecule has 4 rings (SSSR count). The summed E-state index contributed by atoms with van der Waals surface area (Å²) in [6.45, 7) is 0. The van der Waals surface area contributed by atoms with E-state index in [0.29, 0.717) is 18.5 Å². The number of halogens is 2. The zero-order valence-corrected chi connectivity index (χ0v) is 17.6. The first kappa shape index (κ1) is 21.4. The number of hydrogen-bond donors (Lipinski definition) is 1. The molecule has 0 spiro atoms. The quantitative estimate of drug-likeness (QED) is 0.647. The highest BCUT2D eigenvalue weighted by molar-refractivity contribution is 6.04. The van der Waals surface area contributed by atoms with E-state index in [1.54, 1.807) is 31.9 Å². The van der Waals surface area contributed by atoms with Crippen LogP contribution in [0.15, 0.2) is 30.9 Å². The predicted molar refractivity (Wildman–Crippen MR) is 108 cm³/mol. The van der Waals surface area contributed by atoms with Crippen LogP contribution in [0.2, 0.25) is 0 Å². The molecule has 32 heavy (non-hydrogen) atoms. The van der Waals surface area contributed by atoms with Crippen molar-refractivity contribution in [1.29, 1.82) is 0 Å². The zero-order chi connectivity index (χ0) is 23.0. The van der Waals surface area contributed by atoms with E-state index in [0.717, 1.165) is 17.2 Å². The average molecular weight is 445 g/mol. The minimum Gasteiger partial charge on any atom is -0.373 e. The van der Waals surface area contributed by atoms with Crippen LogP contribution < -0.4 is 10.1 Å². The SMILES string of the molecule is CN(C(=O)Oc1ncn(C)n1)C1CCc2c1cn(C)c2C(=O)Nc1ccnc(C(F)F)c1. The minimum absolute atomic E-state index is 0.0452. The fraction of sp³-hybridized carbons (Fsp3) is 0.350. The maximum atomic E-state index is 12.9. The van der Waals surface area contributed by atoms with Crippen LogP contribution in [0.25, 0.3) is 0 Å². The second-order valence-electron chi connectivity index (χ2n) is 7.48. The van der Waals surface area contributed by atoms with Gasteiger partial charge in [-0.1, -0.05) is 0 Å². The number of ether oxygens (including phenoxy) is 1. The second-order valence-corrected chi connectivity index (χ2v) is 7.48. The third-order valence-electron chi connectivity index (χ3n) is 5.34. The van der Waals surface area contributed by atoms with Crippen LogP contribution in [0.3, 0.4) is 0 Å². The van der Waals surface area contributed by atoms with Gasteiger partial charge in [0.25, 0.3) is 12.3 Å². The molecule has 1 unspecified atom stereocenters. The Kier molecular flexibility index (Phi) is 5.59. The van der Waals surface area contributed by atoms with Crippen molar-refractivity contribution in [3.8, 4) is 6.01 Å². The van der Waals surface area contributed by atoms with Gasteiger partial charge in [-0.25, -0.2) is 13.6 Å². The van der Waals surface area contributed by atoms with Gasteiger partial charge in [0.2, 0.25) is 0 Å². The Labute approximate surface area is 181 Å². The third-order valence-corrected chi connectivity index (χ3v) is 5.34. The summed E-state index contributed by atoms with van der Waals surface area (Å²) in [5.41, 5.74) is 1.85. The Bertz CT molecular complexity index is 1170. The van der Waals surface area contributed by atoms with Crippen molar-refractivity contribution in [2.45, 2.75) is 25.3 Å². The number of aryl methyl sites for hydroxylation is 2. The average Bonchev–Trinajstić information content (AvgIpc) is 3.42. The summed E-state index contributed by atoms with van der Waals surface area (Å²) in [5.74, 6) is -0.427. The monoisotopic (exact) mass is 445 g/mol. The number of alkyl halides is 2. The maximum absolute atomic E-state index is 12.9. The molecule has 0 saturated heterocycles. The third kappa shape index (κ3) is 4.03. The highest BCUT2D eigenvalue weighted by Crippen LogP contribution is 2.38. The molecule has 3 heterocycles. The van der Waals surface area contributed by atoms with Gasteiger partial charge in [-0.15, -0.1) is 5.10 Å². The molecule has 0 saturated carbocycles. The van der Waals surface area contributed by atoms with Crippen LogP contribution in [0.5, 0.6) is 6.01 Å². The van der Waals surface area contributed by atoms with E-state index < -0.39 is 24.1 Å². The molecule has 168 valence electrons. The number of nitrogens with one attached hydrogen (secondary N) is 1. The van der Waals surface area contributed by atoms with E-state index in [-0.39, 0.29) is 17.7 Å². The van der Waals surface area contributed by atoms with Crippen molar-refractivity contribution in [2.75, 3.05) is 12.4 Å². The molecule has 3 aromatic rings. The summed E-state index contributed by atoms with van der Waals surface area (Å²) < 4.78 is 34.1. The lowest BCUT2D eigenvalue weighted by atomic mass is 10.1. The van der Waals surface area contributed by atoms with Crippen LogP contribution in [0, 0.1) is 0 Å². The minimum atomic E-state index is -2.73. The Hall–Kier alpha value is -3.83. The lowest BCUT2D eigenvalue weighted by Gasteiger charge is -2.23. The lowest BCUT2D eigenvalue weighted by Crippen LogP contribution is -2.32. The Morgan fingerprint density at radius 2 is 2.09 bits per heavy atom. The Balaban J connectivity index is 1.52. The maximum Gasteiger partial charge on any atom is 0.417 e. The molecule has 0 fully saturated rings. The van der Waals surface area contributed by atoms with Gasteiger partial charge in [0, 0.05) is 39.2 Å². The van der Waals surface area contributed by atoms with E-state index >= 15 is 0 Å². The zero-order valence-electron chi connectivity index (χ0n) is 17.6. The summed E-state index contributed by atoms with van der Waals surface area (Å²) in [7, 11) is 4.99. The summed E-state index contributed by atoms with van der Waals surface area (Å²) in [5, 5.41) is 6.58. The summed E-state index contributed by atoms with van der Waals surface area (Å²) in [4.78, 5) is 34.4. The van der Waals surface area contributed by atoms with Crippen LogP contribution in [-0.2, 0) is 20.5 Å². The molecule has 1 aliphatic rings. The van der Waals surface area contributed by atoms with Crippen LogP contribution >= 0.6 is 0 Å². The molecule has 3 aromatic heterocycles. The van der Waals surface area contributed by atoms with Gasteiger partial charge in [0.05, 0.1) is 6.04 Å². The first-order valence-corrected chi connectivity index (χ1v) is 9.78. The van der Waals surface area contributed by atoms with E-state index in [4.69, 9.17) is 4.74 Å². The van der Waals surface area contributed by atoms with Gasteiger partial charge < -0.3 is 19.5 Å². The number of carbonyl (C=O) groups excluding carboxylic acids is 2. The summed E-state index contributed by atoms with van der Waals surface area (Å²) in [6, 6.07) is 2.26. The molecule has 1 N–H and O–H groups in total. The Morgan fingerprint density at radius 1 is 1.31 bits per heavy atom. The van der Waals surface area contributed by atoms with Crippen LogP contribution in [0.1, 0.15) is 46.2 Å². The number of amides is 2. The number of pyridine rings is 1. The molecular formula is C20H21F2N7O3. The molecule has 2 amide bonds. The molecule has 0 aliphatic heterocycles. The molecular weight excluding hydrogens is 424 g/mol. The van der Waals surface area contributed by atoms with E-state index in [1.807, 2.05) is 0 Å². The first-order valence-electron chi connectivity index (χ1n) is 9.78. The molecule has 10 nitrogen and oxygen atoms in total. The number of carbonyl (C=O) groups is 2. The molecule has 1 aliphatic carbocycles. The number of aromatic nitrogens is 5. The number of anilines is 1. The normalized spacial score (nSPS) is 15.0. The first-order chi connectivity index (χ1) is 15.2. The fourth-order valence-electron chi connectivity index (χ4n) is 3.87. The fourth-order valence-corrected chi connectivity index (χ4v) is 3.87. The molecule has 12 heteroatoms. The van der Waals surface area contributed by atoms with Crippen molar-refractivity contribution in [3.05, 3.63) is 53.4 Å². The van der Waals surface area contributed by atoms with Crippen molar-refractivity contribution >= 4 is 17.7 Å². The van der Waals surface area contributed by atoms with Crippen molar-refractivity contribution < 1.29 is 23.1 Å². The largest absolute Gasteiger partial charge is 0.417 e. The van der Waals surface area contributed by atoms with Crippen LogP contribution in [0.4, 0.5) is 19.3 Å². The molecule has 1 atom stereocenters. The van der Waals surface area contributed by atoms with Crippen LogP contribution in [-0.4, -0.2) is 48.3 Å².